The van der Waals surface area contributed by atoms with Gasteiger partial charge >= 0.3 is 0 Å². The summed E-state index contributed by atoms with van der Waals surface area (Å²) in [5.74, 6) is -1.02. The molecule has 2 heteroatoms. The van der Waals surface area contributed by atoms with Gasteiger partial charge in [-0.05, 0) is 31.1 Å². The summed E-state index contributed by atoms with van der Waals surface area (Å²) < 4.78 is 25.9. The lowest BCUT2D eigenvalue weighted by Crippen LogP contribution is -2.25. The highest BCUT2D eigenvalue weighted by atomic mass is 19.3. The van der Waals surface area contributed by atoms with Crippen LogP contribution < -0.4 is 0 Å². The second kappa shape index (κ2) is 5.81. The maximum atomic E-state index is 12.9. The Balaban J connectivity index is 2.28. The van der Waals surface area contributed by atoms with Crippen LogP contribution in [0.25, 0.3) is 0 Å². The van der Waals surface area contributed by atoms with Crippen LogP contribution in [0.1, 0.15) is 65.2 Å². The minimum absolute atomic E-state index is 0.125. The van der Waals surface area contributed by atoms with Gasteiger partial charge in [0.05, 0.1) is 0 Å². The van der Waals surface area contributed by atoms with Gasteiger partial charge in [0.1, 0.15) is 0 Å². The molecule has 1 rings (SSSR count). The Morgan fingerprint density at radius 2 is 1.80 bits per heavy atom. The zero-order chi connectivity index (χ0) is 11.3. The van der Waals surface area contributed by atoms with Gasteiger partial charge in [0.25, 0.3) is 0 Å². The van der Waals surface area contributed by atoms with Gasteiger partial charge in [-0.1, -0.05) is 33.1 Å². The Morgan fingerprint density at radius 1 is 1.20 bits per heavy atom. The molecule has 0 aliphatic heterocycles. The van der Waals surface area contributed by atoms with E-state index in [0.29, 0.717) is 5.92 Å². The van der Waals surface area contributed by atoms with Crippen LogP contribution in [0.2, 0.25) is 0 Å². The highest BCUT2D eigenvalue weighted by Crippen LogP contribution is 2.39. The molecule has 0 aromatic heterocycles. The van der Waals surface area contributed by atoms with Gasteiger partial charge in [0.2, 0.25) is 5.92 Å². The van der Waals surface area contributed by atoms with Gasteiger partial charge < -0.3 is 0 Å². The molecule has 0 aromatic carbocycles. The monoisotopic (exact) mass is 218 g/mol. The topological polar surface area (TPSA) is 0 Å². The molecule has 15 heavy (non-hydrogen) atoms. The first kappa shape index (κ1) is 12.9. The molecule has 0 radical (unpaired) electrons. The van der Waals surface area contributed by atoms with Crippen LogP contribution in [0.4, 0.5) is 8.78 Å². The third-order valence-corrected chi connectivity index (χ3v) is 3.78. The average Bonchev–Trinajstić information content (AvgIpc) is 2.20. The Hall–Kier alpha value is -0.140. The van der Waals surface area contributed by atoms with Crippen molar-refractivity contribution < 1.29 is 8.78 Å². The van der Waals surface area contributed by atoms with Crippen LogP contribution in [-0.2, 0) is 0 Å². The maximum Gasteiger partial charge on any atom is 0.248 e. The van der Waals surface area contributed by atoms with E-state index in [0.717, 1.165) is 18.8 Å². The number of rotatable bonds is 5. The van der Waals surface area contributed by atoms with Gasteiger partial charge in [-0.15, -0.1) is 0 Å². The average molecular weight is 218 g/mol. The molecular formula is C13H24F2. The summed E-state index contributed by atoms with van der Waals surface area (Å²) in [4.78, 5) is 0. The predicted molar refractivity (Wildman–Crippen MR) is 60.2 cm³/mol. The zero-order valence-electron chi connectivity index (χ0n) is 10.1. The molecule has 0 bridgehead atoms. The van der Waals surface area contributed by atoms with E-state index in [1.165, 1.54) is 25.7 Å². The first-order chi connectivity index (χ1) is 7.07. The van der Waals surface area contributed by atoms with Crippen LogP contribution >= 0.6 is 0 Å². The molecule has 1 saturated carbocycles. The molecule has 1 aliphatic rings. The second-order valence-corrected chi connectivity index (χ2v) is 5.10. The van der Waals surface area contributed by atoms with Crippen LogP contribution in [0.15, 0.2) is 0 Å². The van der Waals surface area contributed by atoms with Crippen molar-refractivity contribution in [3.8, 4) is 0 Å². The van der Waals surface area contributed by atoms with Crippen molar-refractivity contribution in [2.24, 2.45) is 11.8 Å². The van der Waals surface area contributed by atoms with Gasteiger partial charge in [-0.25, -0.2) is 8.78 Å². The van der Waals surface area contributed by atoms with Crippen LogP contribution in [-0.4, -0.2) is 5.92 Å². The van der Waals surface area contributed by atoms with E-state index in [-0.39, 0.29) is 12.8 Å². The van der Waals surface area contributed by atoms with E-state index >= 15 is 0 Å². The van der Waals surface area contributed by atoms with Crippen LogP contribution in [0.3, 0.4) is 0 Å². The van der Waals surface area contributed by atoms with E-state index in [1.807, 2.05) is 0 Å². The fourth-order valence-electron chi connectivity index (χ4n) is 2.70. The van der Waals surface area contributed by atoms with Crippen molar-refractivity contribution in [1.82, 2.24) is 0 Å². The molecule has 0 saturated heterocycles. The van der Waals surface area contributed by atoms with E-state index in [1.54, 1.807) is 0 Å². The van der Waals surface area contributed by atoms with Crippen molar-refractivity contribution in [3.05, 3.63) is 0 Å². The molecule has 1 aliphatic carbocycles. The zero-order valence-corrected chi connectivity index (χ0v) is 10.1. The number of hydrogen-bond donors (Lipinski definition) is 0. The van der Waals surface area contributed by atoms with Crippen molar-refractivity contribution in [3.63, 3.8) is 0 Å². The summed E-state index contributed by atoms with van der Waals surface area (Å²) in [5, 5.41) is 0. The molecule has 1 unspecified atom stereocenters. The Morgan fingerprint density at radius 3 is 2.27 bits per heavy atom. The largest absolute Gasteiger partial charge is 0.248 e. The minimum Gasteiger partial charge on any atom is -0.207 e. The van der Waals surface area contributed by atoms with Crippen molar-refractivity contribution in [2.75, 3.05) is 0 Å². The van der Waals surface area contributed by atoms with Crippen molar-refractivity contribution in [2.45, 2.75) is 71.1 Å². The Bertz CT molecular complexity index is 167. The van der Waals surface area contributed by atoms with E-state index in [4.69, 9.17) is 0 Å². The fourth-order valence-corrected chi connectivity index (χ4v) is 2.70. The Labute approximate surface area is 92.4 Å². The summed E-state index contributed by atoms with van der Waals surface area (Å²) in [6.07, 6.45) is 6.62. The summed E-state index contributed by atoms with van der Waals surface area (Å²) in [7, 11) is 0. The molecule has 0 heterocycles. The quantitative estimate of drug-likeness (QED) is 0.607. The Kier molecular flexibility index (Phi) is 5.01. The van der Waals surface area contributed by atoms with E-state index in [9.17, 15) is 8.78 Å². The SMILES string of the molecule is CCCC(CC)CC1CCC(F)(F)CC1. The van der Waals surface area contributed by atoms with E-state index < -0.39 is 5.92 Å². The molecule has 0 N–H and O–H groups in total. The van der Waals surface area contributed by atoms with E-state index in [2.05, 4.69) is 13.8 Å². The molecule has 90 valence electrons. The second-order valence-electron chi connectivity index (χ2n) is 5.10. The van der Waals surface area contributed by atoms with Gasteiger partial charge in [0, 0.05) is 12.8 Å². The number of hydrogen-bond acceptors (Lipinski definition) is 0. The van der Waals surface area contributed by atoms with Crippen molar-refractivity contribution in [1.29, 1.82) is 0 Å². The molecule has 0 amide bonds. The third-order valence-electron chi connectivity index (χ3n) is 3.78. The molecule has 0 spiro atoms. The molecular weight excluding hydrogens is 194 g/mol. The molecule has 0 aromatic rings. The van der Waals surface area contributed by atoms with Gasteiger partial charge in [-0.3, -0.25) is 0 Å². The van der Waals surface area contributed by atoms with Crippen LogP contribution in [0.5, 0.6) is 0 Å². The number of halogens is 2. The van der Waals surface area contributed by atoms with Gasteiger partial charge in [0.15, 0.2) is 0 Å². The highest BCUT2D eigenvalue weighted by Gasteiger charge is 2.35. The standard InChI is InChI=1S/C13H24F2/c1-3-5-11(4-2)10-12-6-8-13(14,15)9-7-12/h11-12H,3-10H2,1-2H3. The molecule has 1 fully saturated rings. The minimum atomic E-state index is -2.36. The smallest absolute Gasteiger partial charge is 0.207 e. The third kappa shape index (κ3) is 4.48. The first-order valence-corrected chi connectivity index (χ1v) is 6.45. The normalized spacial score (nSPS) is 24.0. The summed E-state index contributed by atoms with van der Waals surface area (Å²) in [6, 6.07) is 0. The van der Waals surface area contributed by atoms with Crippen molar-refractivity contribution >= 4 is 0 Å². The van der Waals surface area contributed by atoms with Gasteiger partial charge in [-0.2, -0.15) is 0 Å². The lowest BCUT2D eigenvalue weighted by molar-refractivity contribution is -0.0481. The summed E-state index contributed by atoms with van der Waals surface area (Å²) in [6.45, 7) is 4.43. The predicted octanol–water partition coefficient (Wildman–Crippen LogP) is 5.03. The first-order valence-electron chi connectivity index (χ1n) is 6.45. The molecule has 0 nitrogen and oxygen atoms in total. The maximum absolute atomic E-state index is 12.9. The highest BCUT2D eigenvalue weighted by molar-refractivity contribution is 4.78. The summed E-state index contributed by atoms with van der Waals surface area (Å²) >= 11 is 0. The summed E-state index contributed by atoms with van der Waals surface area (Å²) in [5.41, 5.74) is 0. The lowest BCUT2D eigenvalue weighted by atomic mass is 9.79. The lowest BCUT2D eigenvalue weighted by Gasteiger charge is -2.30. The molecule has 1 atom stereocenters. The fraction of sp³-hybridized carbons (Fsp3) is 1.00. The number of alkyl halides is 2. The van der Waals surface area contributed by atoms with Crippen LogP contribution in [0, 0.1) is 11.8 Å².